The van der Waals surface area contributed by atoms with Crippen LogP contribution in [0.5, 0.6) is 0 Å². The molecule has 0 aromatic heterocycles. The summed E-state index contributed by atoms with van der Waals surface area (Å²) in [5, 5.41) is 17.9. The molecule has 1 atom stereocenters. The lowest BCUT2D eigenvalue weighted by atomic mass is 9.75. The van der Waals surface area contributed by atoms with E-state index < -0.39 is 29.3 Å². The minimum Gasteiger partial charge on any atom is -0.480 e. The summed E-state index contributed by atoms with van der Waals surface area (Å²) >= 11 is 0. The monoisotopic (exact) mass is 469 g/mol. The number of hydrogen-bond acceptors (Lipinski definition) is 3. The summed E-state index contributed by atoms with van der Waals surface area (Å²) in [4.78, 5) is 38.0. The molecule has 0 saturated heterocycles. The second-order valence-corrected chi connectivity index (χ2v) is 9.34. The van der Waals surface area contributed by atoms with E-state index in [0.29, 0.717) is 18.5 Å². The van der Waals surface area contributed by atoms with Crippen molar-refractivity contribution in [2.24, 2.45) is 5.92 Å². The normalized spacial score (nSPS) is 15.8. The quantitative estimate of drug-likeness (QED) is 0.445. The van der Waals surface area contributed by atoms with Crippen LogP contribution in [-0.2, 0) is 4.79 Å². The number of carboxylic acids is 1. The molecule has 0 unspecified atom stereocenters. The number of anilines is 2. The highest BCUT2D eigenvalue weighted by Gasteiger charge is 2.43. The number of halogens is 1. The third-order valence-electron chi connectivity index (χ3n) is 6.63. The van der Waals surface area contributed by atoms with Gasteiger partial charge in [-0.3, -0.25) is 4.79 Å². The van der Waals surface area contributed by atoms with Gasteiger partial charge in [-0.25, -0.2) is 14.0 Å². The van der Waals surface area contributed by atoms with Crippen LogP contribution in [0, 0.1) is 32.5 Å². The molecule has 1 aliphatic rings. The van der Waals surface area contributed by atoms with Crippen LogP contribution < -0.4 is 16.0 Å². The van der Waals surface area contributed by atoms with Crippen molar-refractivity contribution in [3.63, 3.8) is 0 Å². The first kappa shape index (κ1) is 25.2. The zero-order chi connectivity index (χ0) is 25.0. The molecule has 3 rings (SSSR count). The van der Waals surface area contributed by atoms with Gasteiger partial charge in [-0.05, 0) is 75.8 Å². The summed E-state index contributed by atoms with van der Waals surface area (Å²) in [6.07, 6.45) is 4.27. The minimum absolute atomic E-state index is 0.0165. The number of carboxylic acid groups (broad SMARTS) is 1. The van der Waals surface area contributed by atoms with Crippen molar-refractivity contribution >= 4 is 29.3 Å². The van der Waals surface area contributed by atoms with Gasteiger partial charge < -0.3 is 21.1 Å². The molecule has 2 aromatic rings. The maximum absolute atomic E-state index is 14.0. The Kier molecular flexibility index (Phi) is 7.59. The number of nitrogens with one attached hydrogen (secondary N) is 3. The average molecular weight is 470 g/mol. The average Bonchev–Trinajstić information content (AvgIpc) is 2.76. The third-order valence-corrected chi connectivity index (χ3v) is 6.63. The summed E-state index contributed by atoms with van der Waals surface area (Å²) in [6.45, 7) is 7.21. The number of aryl methyl sites for hydroxylation is 3. The predicted molar refractivity (Wildman–Crippen MR) is 130 cm³/mol. The number of hydrogen-bond donors (Lipinski definition) is 4. The fraction of sp³-hybridized carbons (Fsp3) is 0.423. The number of carbonyl (C=O) groups is 3. The lowest BCUT2D eigenvalue weighted by Crippen LogP contribution is -2.57. The van der Waals surface area contributed by atoms with Crippen LogP contribution in [0.2, 0.25) is 0 Å². The Balaban J connectivity index is 1.83. The van der Waals surface area contributed by atoms with Gasteiger partial charge in [0.05, 0.1) is 11.3 Å². The second kappa shape index (κ2) is 10.2. The van der Waals surface area contributed by atoms with Gasteiger partial charge in [0.1, 0.15) is 11.4 Å². The zero-order valence-electron chi connectivity index (χ0n) is 20.0. The van der Waals surface area contributed by atoms with E-state index in [2.05, 4.69) is 16.0 Å². The van der Waals surface area contributed by atoms with Gasteiger partial charge in [0.25, 0.3) is 5.91 Å². The van der Waals surface area contributed by atoms with Gasteiger partial charge >= 0.3 is 12.0 Å². The Labute approximate surface area is 199 Å². The van der Waals surface area contributed by atoms with Crippen molar-refractivity contribution in [1.29, 1.82) is 0 Å². The van der Waals surface area contributed by atoms with E-state index in [0.717, 1.165) is 48.1 Å². The standard InChI is InChI=1S/C26H32FN3O4/c1-15-12-16(2)22(17(3)13-15)29-25(34)28-21-14-19(27)10-11-20(21)23(31)30-26(4,24(32)33)18-8-6-5-7-9-18/h10-14,18H,5-9H2,1-4H3,(H,30,31)(H,32,33)(H2,28,29,34)/t26-/m1/s1. The largest absolute Gasteiger partial charge is 0.480 e. The number of aliphatic carboxylic acids is 1. The molecule has 34 heavy (non-hydrogen) atoms. The van der Waals surface area contributed by atoms with E-state index in [-0.39, 0.29) is 17.2 Å². The molecule has 0 aliphatic heterocycles. The molecule has 1 aliphatic carbocycles. The third kappa shape index (κ3) is 5.55. The minimum atomic E-state index is -1.47. The Morgan fingerprint density at radius 2 is 1.59 bits per heavy atom. The van der Waals surface area contributed by atoms with E-state index in [1.54, 1.807) is 0 Å². The van der Waals surface area contributed by atoms with Crippen LogP contribution in [0.15, 0.2) is 30.3 Å². The van der Waals surface area contributed by atoms with Crippen LogP contribution in [0.3, 0.4) is 0 Å². The summed E-state index contributed by atoms with van der Waals surface area (Å²) in [5.41, 5.74) is 1.89. The van der Waals surface area contributed by atoms with Crippen LogP contribution in [-0.4, -0.2) is 28.6 Å². The van der Waals surface area contributed by atoms with E-state index in [1.807, 2.05) is 32.9 Å². The molecule has 0 heterocycles. The highest BCUT2D eigenvalue weighted by molar-refractivity contribution is 6.08. The second-order valence-electron chi connectivity index (χ2n) is 9.34. The van der Waals surface area contributed by atoms with Gasteiger partial charge in [-0.15, -0.1) is 0 Å². The molecule has 7 nitrogen and oxygen atoms in total. The number of benzene rings is 2. The van der Waals surface area contributed by atoms with Gasteiger partial charge in [-0.2, -0.15) is 0 Å². The first-order valence-corrected chi connectivity index (χ1v) is 11.5. The molecule has 2 aromatic carbocycles. The molecule has 1 fully saturated rings. The van der Waals surface area contributed by atoms with Gasteiger partial charge in [0, 0.05) is 5.69 Å². The SMILES string of the molecule is Cc1cc(C)c(NC(=O)Nc2cc(F)ccc2C(=O)N[C@@](C)(C(=O)O)C2CCCCC2)c(C)c1. The summed E-state index contributed by atoms with van der Waals surface area (Å²) in [6, 6.07) is 6.62. The molecule has 8 heteroatoms. The Morgan fingerprint density at radius 3 is 2.18 bits per heavy atom. The number of carbonyl (C=O) groups excluding carboxylic acids is 2. The molecule has 182 valence electrons. The van der Waals surface area contributed by atoms with Gasteiger partial charge in [0.2, 0.25) is 0 Å². The van der Waals surface area contributed by atoms with E-state index in [9.17, 15) is 23.9 Å². The lowest BCUT2D eigenvalue weighted by molar-refractivity contribution is -0.146. The van der Waals surface area contributed by atoms with Gasteiger partial charge in [0.15, 0.2) is 0 Å². The molecule has 0 spiro atoms. The van der Waals surface area contributed by atoms with Crippen molar-refractivity contribution in [3.8, 4) is 0 Å². The van der Waals surface area contributed by atoms with Crippen molar-refractivity contribution in [2.45, 2.75) is 65.3 Å². The molecular weight excluding hydrogens is 437 g/mol. The fourth-order valence-corrected chi connectivity index (χ4v) is 4.78. The van der Waals surface area contributed by atoms with Crippen molar-refractivity contribution in [1.82, 2.24) is 5.32 Å². The highest BCUT2D eigenvalue weighted by atomic mass is 19.1. The predicted octanol–water partition coefficient (Wildman–Crippen LogP) is 5.55. The summed E-state index contributed by atoms with van der Waals surface area (Å²) in [7, 11) is 0. The van der Waals surface area contributed by atoms with Gasteiger partial charge in [-0.1, -0.05) is 37.0 Å². The van der Waals surface area contributed by atoms with Crippen LogP contribution in [0.4, 0.5) is 20.6 Å². The molecule has 0 bridgehead atoms. The molecule has 3 amide bonds. The Bertz CT molecular complexity index is 1090. The maximum atomic E-state index is 14.0. The molecule has 1 saturated carbocycles. The number of rotatable bonds is 6. The highest BCUT2D eigenvalue weighted by Crippen LogP contribution is 2.33. The molecule has 0 radical (unpaired) electrons. The van der Waals surface area contributed by atoms with Crippen molar-refractivity contribution in [2.75, 3.05) is 10.6 Å². The van der Waals surface area contributed by atoms with Crippen LogP contribution in [0.1, 0.15) is 66.1 Å². The zero-order valence-corrected chi connectivity index (χ0v) is 20.0. The Morgan fingerprint density at radius 1 is 0.971 bits per heavy atom. The maximum Gasteiger partial charge on any atom is 0.329 e. The fourth-order valence-electron chi connectivity index (χ4n) is 4.78. The number of urea groups is 1. The first-order valence-electron chi connectivity index (χ1n) is 11.5. The van der Waals surface area contributed by atoms with Crippen molar-refractivity contribution < 1.29 is 23.9 Å². The summed E-state index contributed by atoms with van der Waals surface area (Å²) in [5.74, 6) is -2.65. The molecular formula is C26H32FN3O4. The lowest BCUT2D eigenvalue weighted by Gasteiger charge is -2.37. The van der Waals surface area contributed by atoms with E-state index >= 15 is 0 Å². The smallest absolute Gasteiger partial charge is 0.329 e. The number of amides is 3. The topological polar surface area (TPSA) is 108 Å². The van der Waals surface area contributed by atoms with E-state index in [1.165, 1.54) is 13.0 Å². The first-order chi connectivity index (χ1) is 16.0. The van der Waals surface area contributed by atoms with Crippen LogP contribution >= 0.6 is 0 Å². The Hall–Kier alpha value is -3.42. The molecule has 4 N–H and O–H groups in total. The summed E-state index contributed by atoms with van der Waals surface area (Å²) < 4.78 is 14.0. The van der Waals surface area contributed by atoms with Crippen LogP contribution in [0.25, 0.3) is 0 Å². The van der Waals surface area contributed by atoms with Crippen molar-refractivity contribution in [3.05, 3.63) is 58.4 Å². The van der Waals surface area contributed by atoms with E-state index in [4.69, 9.17) is 0 Å².